The summed E-state index contributed by atoms with van der Waals surface area (Å²) in [5, 5.41) is 2.70. The lowest BCUT2D eigenvalue weighted by Gasteiger charge is -2.25. The molecule has 3 atom stereocenters. The smallest absolute Gasteiger partial charge is 0.338 e. The Morgan fingerprint density at radius 2 is 1.67 bits per heavy atom. The highest BCUT2D eigenvalue weighted by Crippen LogP contribution is 2.42. The number of fused-ring (bicyclic) bond motifs is 1. The minimum absolute atomic E-state index is 0.157. The van der Waals surface area contributed by atoms with Crippen molar-refractivity contribution in [2.75, 3.05) is 16.8 Å². The number of carbonyl (C=O) groups excluding carboxylic acids is 4. The van der Waals surface area contributed by atoms with Crippen LogP contribution in [0.25, 0.3) is 0 Å². The maximum absolute atomic E-state index is 12.9. The highest BCUT2D eigenvalue weighted by molar-refractivity contribution is 6.22. The molecule has 2 fully saturated rings. The van der Waals surface area contributed by atoms with Gasteiger partial charge in [-0.1, -0.05) is 13.0 Å². The molecule has 0 radical (unpaired) electrons. The quantitative estimate of drug-likeness (QED) is 0.551. The third kappa shape index (κ3) is 4.67. The van der Waals surface area contributed by atoms with E-state index < -0.39 is 18.5 Å². The number of nitrogens with one attached hydrogen (secondary N) is 1. The van der Waals surface area contributed by atoms with Gasteiger partial charge < -0.3 is 10.1 Å². The summed E-state index contributed by atoms with van der Waals surface area (Å²) in [7, 11) is 0. The number of nitrogens with zero attached hydrogens (tertiary/aromatic N) is 1. The maximum Gasteiger partial charge on any atom is 0.338 e. The molecule has 1 aliphatic heterocycles. The van der Waals surface area contributed by atoms with Crippen LogP contribution < -0.4 is 10.2 Å². The molecule has 0 unspecified atom stereocenters. The maximum atomic E-state index is 12.9. The number of esters is 1. The third-order valence-electron chi connectivity index (χ3n) is 6.67. The molecule has 2 aromatic carbocycles. The fourth-order valence-corrected chi connectivity index (χ4v) is 4.62. The van der Waals surface area contributed by atoms with Crippen LogP contribution in [0.4, 0.5) is 11.4 Å². The van der Waals surface area contributed by atoms with Crippen LogP contribution in [0.3, 0.4) is 0 Å². The van der Waals surface area contributed by atoms with Crippen LogP contribution in [0.2, 0.25) is 0 Å². The average molecular weight is 449 g/mol. The monoisotopic (exact) mass is 448 g/mol. The van der Waals surface area contributed by atoms with Gasteiger partial charge in [0, 0.05) is 5.69 Å². The number of hydrogen-bond acceptors (Lipinski definition) is 5. The van der Waals surface area contributed by atoms with E-state index >= 15 is 0 Å². The van der Waals surface area contributed by atoms with E-state index in [4.69, 9.17) is 4.74 Å². The minimum atomic E-state index is -0.654. The Kier molecular flexibility index (Phi) is 6.31. The van der Waals surface area contributed by atoms with E-state index in [-0.39, 0.29) is 29.2 Å². The SMILES string of the molecule is Cc1ccc(NC(=O)COC(=O)c2ccc(N3C(=O)[C@@H]4CC[C@@H](C)C[C@H]4C3=O)cc2)cc1C. The number of ether oxygens (including phenoxy) is 1. The fraction of sp³-hybridized carbons (Fsp3) is 0.385. The Morgan fingerprint density at radius 1 is 0.970 bits per heavy atom. The van der Waals surface area contributed by atoms with Crippen LogP contribution in [0.15, 0.2) is 42.5 Å². The Balaban J connectivity index is 1.35. The van der Waals surface area contributed by atoms with Crippen LogP contribution in [0, 0.1) is 31.6 Å². The molecule has 1 heterocycles. The van der Waals surface area contributed by atoms with Gasteiger partial charge in [0.25, 0.3) is 5.91 Å². The van der Waals surface area contributed by atoms with E-state index in [1.165, 1.54) is 17.0 Å². The average Bonchev–Trinajstić information content (AvgIpc) is 3.04. The van der Waals surface area contributed by atoms with Gasteiger partial charge in [-0.15, -0.1) is 0 Å². The molecule has 4 rings (SSSR count). The van der Waals surface area contributed by atoms with Gasteiger partial charge >= 0.3 is 5.97 Å². The van der Waals surface area contributed by atoms with Crippen molar-refractivity contribution in [3.63, 3.8) is 0 Å². The summed E-state index contributed by atoms with van der Waals surface area (Å²) in [6, 6.07) is 11.7. The predicted octanol–water partition coefficient (Wildman–Crippen LogP) is 4.02. The second-order valence-electron chi connectivity index (χ2n) is 9.11. The molecule has 172 valence electrons. The summed E-state index contributed by atoms with van der Waals surface area (Å²) < 4.78 is 5.11. The number of amides is 3. The van der Waals surface area contributed by atoms with Gasteiger partial charge in [-0.2, -0.15) is 0 Å². The summed E-state index contributed by atoms with van der Waals surface area (Å²) in [6.07, 6.45) is 2.43. The first-order valence-electron chi connectivity index (χ1n) is 11.3. The third-order valence-corrected chi connectivity index (χ3v) is 6.67. The van der Waals surface area contributed by atoms with Crippen molar-refractivity contribution in [1.29, 1.82) is 0 Å². The summed E-state index contributed by atoms with van der Waals surface area (Å²) in [5.74, 6) is -1.46. The zero-order valence-electron chi connectivity index (χ0n) is 19.1. The van der Waals surface area contributed by atoms with Gasteiger partial charge in [-0.25, -0.2) is 4.79 Å². The lowest BCUT2D eigenvalue weighted by Crippen LogP contribution is -2.30. The topological polar surface area (TPSA) is 92.8 Å². The van der Waals surface area contributed by atoms with E-state index in [0.29, 0.717) is 17.3 Å². The van der Waals surface area contributed by atoms with Gasteiger partial charge in [-0.3, -0.25) is 19.3 Å². The highest BCUT2D eigenvalue weighted by Gasteiger charge is 2.49. The van der Waals surface area contributed by atoms with E-state index in [1.54, 1.807) is 18.2 Å². The number of anilines is 2. The lowest BCUT2D eigenvalue weighted by atomic mass is 9.76. The molecular weight excluding hydrogens is 420 g/mol. The van der Waals surface area contributed by atoms with E-state index in [0.717, 1.165) is 30.4 Å². The number of benzene rings is 2. The molecule has 0 aromatic heterocycles. The number of hydrogen-bond donors (Lipinski definition) is 1. The second kappa shape index (κ2) is 9.17. The van der Waals surface area contributed by atoms with Gasteiger partial charge in [0.05, 0.1) is 23.1 Å². The van der Waals surface area contributed by atoms with Crippen LogP contribution in [0.1, 0.15) is 47.7 Å². The first-order valence-corrected chi connectivity index (χ1v) is 11.3. The molecule has 1 N–H and O–H groups in total. The summed E-state index contributed by atoms with van der Waals surface area (Å²) in [4.78, 5) is 51.4. The van der Waals surface area contributed by atoms with Crippen molar-refractivity contribution < 1.29 is 23.9 Å². The molecule has 7 heteroatoms. The van der Waals surface area contributed by atoms with Gasteiger partial charge in [0.2, 0.25) is 11.8 Å². The van der Waals surface area contributed by atoms with E-state index in [1.807, 2.05) is 26.0 Å². The normalized spacial score (nSPS) is 22.2. The zero-order chi connectivity index (χ0) is 23.7. The van der Waals surface area contributed by atoms with E-state index in [9.17, 15) is 19.2 Å². The molecule has 3 amide bonds. The largest absolute Gasteiger partial charge is 0.452 e. The molecule has 0 bridgehead atoms. The zero-order valence-corrected chi connectivity index (χ0v) is 19.1. The number of imide groups is 1. The van der Waals surface area contributed by atoms with E-state index in [2.05, 4.69) is 12.2 Å². The molecular formula is C26H28N2O5. The first-order chi connectivity index (χ1) is 15.7. The minimum Gasteiger partial charge on any atom is -0.452 e. The predicted molar refractivity (Wildman–Crippen MR) is 124 cm³/mol. The molecule has 1 saturated heterocycles. The van der Waals surface area contributed by atoms with Gasteiger partial charge in [0.15, 0.2) is 6.61 Å². The van der Waals surface area contributed by atoms with Crippen LogP contribution >= 0.6 is 0 Å². The number of rotatable bonds is 5. The summed E-state index contributed by atoms with van der Waals surface area (Å²) in [6.45, 7) is 5.63. The Morgan fingerprint density at radius 3 is 2.36 bits per heavy atom. The highest BCUT2D eigenvalue weighted by atomic mass is 16.5. The van der Waals surface area contributed by atoms with Crippen LogP contribution in [-0.4, -0.2) is 30.3 Å². The lowest BCUT2D eigenvalue weighted by molar-refractivity contribution is -0.122. The molecule has 1 saturated carbocycles. The fourth-order valence-electron chi connectivity index (χ4n) is 4.62. The Hall–Kier alpha value is -3.48. The first kappa shape index (κ1) is 22.7. The second-order valence-corrected chi connectivity index (χ2v) is 9.11. The van der Waals surface area contributed by atoms with Crippen LogP contribution in [-0.2, 0) is 19.1 Å². The Bertz CT molecular complexity index is 1110. The van der Waals surface area contributed by atoms with Crippen molar-refractivity contribution in [3.05, 3.63) is 59.2 Å². The van der Waals surface area contributed by atoms with Crippen molar-refractivity contribution in [1.82, 2.24) is 0 Å². The van der Waals surface area contributed by atoms with Gasteiger partial charge in [0.1, 0.15) is 0 Å². The number of carbonyl (C=O) groups is 4. The number of aryl methyl sites for hydroxylation is 2. The molecule has 2 aliphatic rings. The van der Waals surface area contributed by atoms with Crippen LogP contribution in [0.5, 0.6) is 0 Å². The van der Waals surface area contributed by atoms with Crippen molar-refractivity contribution >= 4 is 35.1 Å². The standard InChI is InChI=1S/C26H28N2O5/c1-15-4-11-21-22(12-15)25(31)28(24(21)30)20-9-6-18(7-10-20)26(32)33-14-23(29)27-19-8-5-16(2)17(3)13-19/h5-10,13,15,21-22H,4,11-12,14H2,1-3H3,(H,27,29)/t15-,21-,22-/m1/s1. The summed E-state index contributed by atoms with van der Waals surface area (Å²) in [5.41, 5.74) is 3.50. The summed E-state index contributed by atoms with van der Waals surface area (Å²) >= 11 is 0. The molecule has 7 nitrogen and oxygen atoms in total. The molecule has 33 heavy (non-hydrogen) atoms. The van der Waals surface area contributed by atoms with Crippen molar-refractivity contribution in [3.8, 4) is 0 Å². The van der Waals surface area contributed by atoms with Gasteiger partial charge in [-0.05, 0) is 86.6 Å². The van der Waals surface area contributed by atoms with Crippen molar-refractivity contribution in [2.24, 2.45) is 17.8 Å². The molecule has 2 aromatic rings. The Labute approximate surface area is 193 Å². The van der Waals surface area contributed by atoms with Crippen molar-refractivity contribution in [2.45, 2.75) is 40.0 Å². The molecule has 0 spiro atoms. The molecule has 1 aliphatic carbocycles.